The molecule has 2 nitrogen and oxygen atoms in total. The van der Waals surface area contributed by atoms with Crippen molar-refractivity contribution in [3.05, 3.63) is 0 Å². The fraction of sp³-hybridized carbons (Fsp3) is 0.917. The molecule has 0 bridgehead atoms. The molecule has 0 radical (unpaired) electrons. The number of unbranched alkanes of at least 4 members (excludes halogenated alkanes) is 1. The standard InChI is InChI=1S/C12H22O2/c1-4-7-8-14-11-9-10(13)12(11,5-2)6-3/h11H,4-9H2,1-3H3. The topological polar surface area (TPSA) is 26.3 Å². The van der Waals surface area contributed by atoms with Crippen molar-refractivity contribution in [2.45, 2.75) is 59.0 Å². The normalized spacial score (nSPS) is 24.8. The van der Waals surface area contributed by atoms with E-state index in [4.69, 9.17) is 4.74 Å². The van der Waals surface area contributed by atoms with Crippen LogP contribution in [0.2, 0.25) is 0 Å². The van der Waals surface area contributed by atoms with Crippen LogP contribution in [0.15, 0.2) is 0 Å². The average molecular weight is 198 g/mol. The number of carbonyl (C=O) groups excluding carboxylic acids is 1. The first-order chi connectivity index (χ1) is 6.71. The van der Waals surface area contributed by atoms with Crippen molar-refractivity contribution < 1.29 is 9.53 Å². The summed E-state index contributed by atoms with van der Waals surface area (Å²) in [6.45, 7) is 7.16. The zero-order valence-electron chi connectivity index (χ0n) is 9.64. The minimum Gasteiger partial charge on any atom is -0.377 e. The van der Waals surface area contributed by atoms with Gasteiger partial charge in [-0.3, -0.25) is 4.79 Å². The molecule has 1 fully saturated rings. The molecule has 1 atom stereocenters. The fourth-order valence-electron chi connectivity index (χ4n) is 2.30. The second-order valence-corrected chi connectivity index (χ2v) is 4.20. The zero-order chi connectivity index (χ0) is 10.6. The van der Waals surface area contributed by atoms with Crippen LogP contribution in [0.4, 0.5) is 0 Å². The number of hydrogen-bond donors (Lipinski definition) is 0. The van der Waals surface area contributed by atoms with E-state index in [2.05, 4.69) is 20.8 Å². The molecule has 1 saturated carbocycles. The Kier molecular flexibility index (Phi) is 4.11. The Hall–Kier alpha value is -0.370. The first kappa shape index (κ1) is 11.7. The van der Waals surface area contributed by atoms with E-state index in [1.54, 1.807) is 0 Å². The molecule has 0 aromatic rings. The molecule has 1 rings (SSSR count). The van der Waals surface area contributed by atoms with Gasteiger partial charge in [-0.05, 0) is 19.3 Å². The second kappa shape index (κ2) is 4.92. The summed E-state index contributed by atoms with van der Waals surface area (Å²) < 4.78 is 5.77. The molecule has 0 aliphatic heterocycles. The van der Waals surface area contributed by atoms with Crippen molar-refractivity contribution in [1.29, 1.82) is 0 Å². The van der Waals surface area contributed by atoms with E-state index >= 15 is 0 Å². The maximum absolute atomic E-state index is 11.6. The van der Waals surface area contributed by atoms with Crippen molar-refractivity contribution in [3.63, 3.8) is 0 Å². The van der Waals surface area contributed by atoms with Gasteiger partial charge in [-0.15, -0.1) is 0 Å². The van der Waals surface area contributed by atoms with Gasteiger partial charge in [0.25, 0.3) is 0 Å². The lowest BCUT2D eigenvalue weighted by Crippen LogP contribution is -2.54. The van der Waals surface area contributed by atoms with Gasteiger partial charge in [0.1, 0.15) is 5.78 Å². The first-order valence-corrected chi connectivity index (χ1v) is 5.86. The number of carbonyl (C=O) groups is 1. The molecular weight excluding hydrogens is 176 g/mol. The van der Waals surface area contributed by atoms with Gasteiger partial charge in [0.2, 0.25) is 0 Å². The number of ether oxygens (including phenoxy) is 1. The molecule has 14 heavy (non-hydrogen) atoms. The number of Topliss-reactive ketones (excluding diaryl/α,β-unsaturated/α-hetero) is 1. The van der Waals surface area contributed by atoms with Gasteiger partial charge in [0.05, 0.1) is 11.5 Å². The summed E-state index contributed by atoms with van der Waals surface area (Å²) in [5.74, 6) is 0.406. The molecule has 0 N–H and O–H groups in total. The average Bonchev–Trinajstić information content (AvgIpc) is 2.19. The Bertz CT molecular complexity index is 194. The molecular formula is C12H22O2. The monoisotopic (exact) mass is 198 g/mol. The fourth-order valence-corrected chi connectivity index (χ4v) is 2.30. The highest BCUT2D eigenvalue weighted by Crippen LogP contribution is 2.45. The Morgan fingerprint density at radius 1 is 1.36 bits per heavy atom. The highest BCUT2D eigenvalue weighted by molar-refractivity contribution is 5.92. The van der Waals surface area contributed by atoms with Gasteiger partial charge in [-0.2, -0.15) is 0 Å². The molecule has 0 aromatic carbocycles. The molecule has 1 aliphatic carbocycles. The molecule has 0 saturated heterocycles. The summed E-state index contributed by atoms with van der Waals surface area (Å²) in [6, 6.07) is 0. The minimum absolute atomic E-state index is 0.131. The zero-order valence-corrected chi connectivity index (χ0v) is 9.64. The van der Waals surface area contributed by atoms with Crippen molar-refractivity contribution >= 4 is 5.78 Å². The van der Waals surface area contributed by atoms with Crippen molar-refractivity contribution in [2.24, 2.45) is 5.41 Å². The van der Waals surface area contributed by atoms with Crippen molar-refractivity contribution in [2.75, 3.05) is 6.61 Å². The highest BCUT2D eigenvalue weighted by Gasteiger charge is 2.52. The van der Waals surface area contributed by atoms with Crippen LogP contribution in [0.5, 0.6) is 0 Å². The number of ketones is 1. The summed E-state index contributed by atoms with van der Waals surface area (Å²) in [4.78, 5) is 11.6. The minimum atomic E-state index is -0.131. The van der Waals surface area contributed by atoms with E-state index in [0.29, 0.717) is 12.2 Å². The molecule has 1 aliphatic rings. The van der Waals surface area contributed by atoms with Crippen LogP contribution < -0.4 is 0 Å². The van der Waals surface area contributed by atoms with Crippen LogP contribution in [-0.2, 0) is 9.53 Å². The first-order valence-electron chi connectivity index (χ1n) is 5.86. The van der Waals surface area contributed by atoms with Crippen molar-refractivity contribution in [1.82, 2.24) is 0 Å². The quantitative estimate of drug-likeness (QED) is 0.613. The lowest BCUT2D eigenvalue weighted by atomic mass is 9.61. The van der Waals surface area contributed by atoms with Gasteiger partial charge >= 0.3 is 0 Å². The van der Waals surface area contributed by atoms with Crippen LogP contribution >= 0.6 is 0 Å². The summed E-state index contributed by atoms with van der Waals surface area (Å²) in [6.07, 6.45) is 4.97. The molecule has 0 aromatic heterocycles. The predicted octanol–water partition coefficient (Wildman–Crippen LogP) is 2.95. The van der Waals surface area contributed by atoms with Crippen LogP contribution in [0.25, 0.3) is 0 Å². The molecule has 82 valence electrons. The van der Waals surface area contributed by atoms with Gasteiger partial charge in [0.15, 0.2) is 0 Å². The van der Waals surface area contributed by atoms with Crippen LogP contribution in [0.1, 0.15) is 52.9 Å². The van der Waals surface area contributed by atoms with Gasteiger partial charge in [-0.1, -0.05) is 27.2 Å². The van der Waals surface area contributed by atoms with E-state index in [0.717, 1.165) is 32.3 Å². The van der Waals surface area contributed by atoms with Crippen molar-refractivity contribution in [3.8, 4) is 0 Å². The Morgan fingerprint density at radius 2 is 2.00 bits per heavy atom. The summed E-state index contributed by atoms with van der Waals surface area (Å²) in [5.41, 5.74) is -0.131. The SMILES string of the molecule is CCCCOC1CC(=O)C1(CC)CC. The third-order valence-electron chi connectivity index (χ3n) is 3.62. The van der Waals surface area contributed by atoms with E-state index in [9.17, 15) is 4.79 Å². The van der Waals surface area contributed by atoms with Crippen LogP contribution in [0.3, 0.4) is 0 Å². The van der Waals surface area contributed by atoms with E-state index in [-0.39, 0.29) is 11.5 Å². The molecule has 0 heterocycles. The number of hydrogen-bond acceptors (Lipinski definition) is 2. The van der Waals surface area contributed by atoms with E-state index in [1.807, 2.05) is 0 Å². The third-order valence-corrected chi connectivity index (χ3v) is 3.62. The Labute approximate surface area is 87.0 Å². The summed E-state index contributed by atoms with van der Waals surface area (Å²) in [5, 5.41) is 0. The van der Waals surface area contributed by atoms with Gasteiger partial charge in [0, 0.05) is 13.0 Å². The maximum Gasteiger partial charge on any atom is 0.144 e. The molecule has 0 amide bonds. The largest absolute Gasteiger partial charge is 0.377 e. The van der Waals surface area contributed by atoms with Gasteiger partial charge in [-0.25, -0.2) is 0 Å². The summed E-state index contributed by atoms with van der Waals surface area (Å²) >= 11 is 0. The van der Waals surface area contributed by atoms with Crippen LogP contribution in [-0.4, -0.2) is 18.5 Å². The molecule has 0 spiro atoms. The highest BCUT2D eigenvalue weighted by atomic mass is 16.5. The lowest BCUT2D eigenvalue weighted by molar-refractivity contribution is -0.165. The van der Waals surface area contributed by atoms with E-state index in [1.165, 1.54) is 0 Å². The Morgan fingerprint density at radius 3 is 2.43 bits per heavy atom. The maximum atomic E-state index is 11.6. The van der Waals surface area contributed by atoms with E-state index < -0.39 is 0 Å². The molecule has 2 heteroatoms. The number of rotatable bonds is 6. The predicted molar refractivity (Wildman–Crippen MR) is 57.3 cm³/mol. The molecule has 1 unspecified atom stereocenters. The van der Waals surface area contributed by atoms with Gasteiger partial charge < -0.3 is 4.74 Å². The Balaban J connectivity index is 2.43. The second-order valence-electron chi connectivity index (χ2n) is 4.20. The lowest BCUT2D eigenvalue weighted by Gasteiger charge is -2.46. The summed E-state index contributed by atoms with van der Waals surface area (Å²) in [7, 11) is 0. The van der Waals surface area contributed by atoms with Crippen LogP contribution in [0, 0.1) is 5.41 Å². The smallest absolute Gasteiger partial charge is 0.144 e. The third kappa shape index (κ3) is 1.85.